The molecule has 1 atom stereocenters. The van der Waals surface area contributed by atoms with Crippen molar-refractivity contribution in [2.24, 2.45) is 0 Å². The number of benzene rings is 2. The van der Waals surface area contributed by atoms with Crippen molar-refractivity contribution in [1.82, 2.24) is 14.9 Å². The molecule has 2 aromatic carbocycles. The van der Waals surface area contributed by atoms with Gasteiger partial charge in [0, 0.05) is 30.8 Å². The Morgan fingerprint density at radius 3 is 2.59 bits per heavy atom. The van der Waals surface area contributed by atoms with Crippen LogP contribution in [-0.2, 0) is 4.79 Å². The molecule has 166 valence electrons. The Balaban J connectivity index is 1.49. The van der Waals surface area contributed by atoms with Crippen molar-refractivity contribution >= 4 is 11.9 Å². The van der Waals surface area contributed by atoms with Crippen LogP contribution >= 0.6 is 0 Å². The highest BCUT2D eigenvalue weighted by atomic mass is 19.1. The second-order valence-corrected chi connectivity index (χ2v) is 7.68. The molecule has 7 nitrogen and oxygen atoms in total. The topological polar surface area (TPSA) is 90.6 Å². The van der Waals surface area contributed by atoms with Gasteiger partial charge in [-0.1, -0.05) is 12.1 Å². The van der Waals surface area contributed by atoms with E-state index in [2.05, 4.69) is 9.97 Å². The summed E-state index contributed by atoms with van der Waals surface area (Å²) < 4.78 is 23.8. The third-order valence-electron chi connectivity index (χ3n) is 5.57. The van der Waals surface area contributed by atoms with Gasteiger partial charge in [-0.15, -0.1) is 0 Å². The minimum Gasteiger partial charge on any atom is -0.497 e. The van der Waals surface area contributed by atoms with Crippen LogP contribution in [0.4, 0.5) is 10.3 Å². The number of anilines is 1. The summed E-state index contributed by atoms with van der Waals surface area (Å²) in [5, 5.41) is 0. The number of nitrogen functional groups attached to an aromatic ring is 1. The fraction of sp³-hybridized carbons (Fsp3) is 0.292. The third-order valence-corrected chi connectivity index (χ3v) is 5.57. The molecule has 0 aliphatic carbocycles. The average molecular weight is 436 g/mol. The standard InChI is InChI=1S/C24H25FN4O3/c1-31-19-8-4-16(5-9-19)21-13-27-24(26)28-23(21)17-3-2-12-29(14-17)22(30)15-32-20-10-6-18(25)7-11-20/h4-11,13,17H,2-3,12,14-15H2,1H3,(H2,26,27,28). The Morgan fingerprint density at radius 1 is 1.16 bits per heavy atom. The summed E-state index contributed by atoms with van der Waals surface area (Å²) in [6.45, 7) is 1.07. The molecule has 1 aliphatic heterocycles. The van der Waals surface area contributed by atoms with Gasteiger partial charge in [0.15, 0.2) is 6.61 Å². The van der Waals surface area contributed by atoms with E-state index < -0.39 is 0 Å². The van der Waals surface area contributed by atoms with E-state index in [0.717, 1.165) is 35.4 Å². The van der Waals surface area contributed by atoms with Crippen LogP contribution in [0.1, 0.15) is 24.5 Å². The highest BCUT2D eigenvalue weighted by Gasteiger charge is 2.28. The summed E-state index contributed by atoms with van der Waals surface area (Å²) in [5.41, 5.74) is 8.59. The molecule has 8 heteroatoms. The van der Waals surface area contributed by atoms with E-state index in [-0.39, 0.29) is 30.2 Å². The molecule has 0 radical (unpaired) electrons. The first kappa shape index (κ1) is 21.5. The van der Waals surface area contributed by atoms with Crippen LogP contribution in [-0.4, -0.2) is 47.6 Å². The van der Waals surface area contributed by atoms with Gasteiger partial charge in [0.05, 0.1) is 12.8 Å². The average Bonchev–Trinajstić information content (AvgIpc) is 2.83. The van der Waals surface area contributed by atoms with Gasteiger partial charge in [-0.05, 0) is 54.8 Å². The second kappa shape index (κ2) is 9.64. The van der Waals surface area contributed by atoms with E-state index in [1.165, 1.54) is 24.3 Å². The molecule has 32 heavy (non-hydrogen) atoms. The summed E-state index contributed by atoms with van der Waals surface area (Å²) in [6.07, 6.45) is 3.47. The number of likely N-dealkylation sites (tertiary alicyclic amines) is 1. The maximum absolute atomic E-state index is 13.0. The first-order valence-corrected chi connectivity index (χ1v) is 10.5. The van der Waals surface area contributed by atoms with Gasteiger partial charge < -0.3 is 20.1 Å². The van der Waals surface area contributed by atoms with Crippen molar-refractivity contribution in [3.63, 3.8) is 0 Å². The van der Waals surface area contributed by atoms with E-state index in [1.54, 1.807) is 18.2 Å². The second-order valence-electron chi connectivity index (χ2n) is 7.68. The number of hydrogen-bond donors (Lipinski definition) is 1. The van der Waals surface area contributed by atoms with Gasteiger partial charge in [0.2, 0.25) is 5.95 Å². The zero-order chi connectivity index (χ0) is 22.5. The molecule has 1 saturated heterocycles. The van der Waals surface area contributed by atoms with Crippen LogP contribution in [0.15, 0.2) is 54.7 Å². The molecule has 1 amide bonds. The lowest BCUT2D eigenvalue weighted by Gasteiger charge is -2.33. The largest absolute Gasteiger partial charge is 0.497 e. The Hall–Kier alpha value is -3.68. The molecule has 1 fully saturated rings. The molecule has 1 aromatic heterocycles. The number of hydrogen-bond acceptors (Lipinski definition) is 6. The zero-order valence-corrected chi connectivity index (χ0v) is 17.8. The van der Waals surface area contributed by atoms with Gasteiger partial charge in [0.1, 0.15) is 17.3 Å². The number of rotatable bonds is 6. The lowest BCUT2D eigenvalue weighted by Crippen LogP contribution is -2.41. The van der Waals surface area contributed by atoms with Crippen molar-refractivity contribution in [3.05, 3.63) is 66.2 Å². The molecular weight excluding hydrogens is 411 g/mol. The summed E-state index contributed by atoms with van der Waals surface area (Å²) >= 11 is 0. The molecule has 0 spiro atoms. The monoisotopic (exact) mass is 436 g/mol. The minimum atomic E-state index is -0.348. The highest BCUT2D eigenvalue weighted by molar-refractivity contribution is 5.78. The summed E-state index contributed by atoms with van der Waals surface area (Å²) in [6, 6.07) is 13.3. The molecule has 0 bridgehead atoms. The van der Waals surface area contributed by atoms with E-state index in [0.29, 0.717) is 18.8 Å². The minimum absolute atomic E-state index is 0.0286. The number of piperidine rings is 1. The van der Waals surface area contributed by atoms with Crippen LogP contribution in [0, 0.1) is 5.82 Å². The molecule has 1 unspecified atom stereocenters. The molecule has 2 N–H and O–H groups in total. The van der Waals surface area contributed by atoms with Gasteiger partial charge in [-0.25, -0.2) is 14.4 Å². The quantitative estimate of drug-likeness (QED) is 0.634. The number of carbonyl (C=O) groups excluding carboxylic acids is 1. The first-order chi connectivity index (χ1) is 15.5. The maximum atomic E-state index is 13.0. The Labute approximate surface area is 186 Å². The van der Waals surface area contributed by atoms with E-state index in [9.17, 15) is 9.18 Å². The fourth-order valence-corrected chi connectivity index (χ4v) is 3.91. The normalized spacial score (nSPS) is 15.9. The third kappa shape index (κ3) is 4.96. The number of methoxy groups -OCH3 is 1. The molecule has 4 rings (SSSR count). The maximum Gasteiger partial charge on any atom is 0.260 e. The number of halogens is 1. The molecular formula is C24H25FN4O3. The van der Waals surface area contributed by atoms with Gasteiger partial charge in [-0.2, -0.15) is 0 Å². The van der Waals surface area contributed by atoms with E-state index >= 15 is 0 Å². The van der Waals surface area contributed by atoms with Gasteiger partial charge in [-0.3, -0.25) is 4.79 Å². The SMILES string of the molecule is COc1ccc(-c2cnc(N)nc2C2CCCN(C(=O)COc3ccc(F)cc3)C2)cc1. The number of nitrogens with zero attached hydrogens (tertiary/aromatic N) is 3. The predicted molar refractivity (Wildman–Crippen MR) is 119 cm³/mol. The Morgan fingerprint density at radius 2 is 1.88 bits per heavy atom. The lowest BCUT2D eigenvalue weighted by molar-refractivity contribution is -0.134. The predicted octanol–water partition coefficient (Wildman–Crippen LogP) is 3.66. The Kier molecular flexibility index (Phi) is 6.49. The summed E-state index contributed by atoms with van der Waals surface area (Å²) in [7, 11) is 1.63. The van der Waals surface area contributed by atoms with Crippen molar-refractivity contribution in [3.8, 4) is 22.6 Å². The van der Waals surface area contributed by atoms with Crippen LogP contribution in [0.2, 0.25) is 0 Å². The fourth-order valence-electron chi connectivity index (χ4n) is 3.91. The number of nitrogens with two attached hydrogens (primary N) is 1. The van der Waals surface area contributed by atoms with Crippen molar-refractivity contribution in [2.75, 3.05) is 32.5 Å². The molecule has 1 aliphatic rings. The van der Waals surface area contributed by atoms with Crippen LogP contribution in [0.25, 0.3) is 11.1 Å². The van der Waals surface area contributed by atoms with Crippen molar-refractivity contribution < 1.29 is 18.7 Å². The first-order valence-electron chi connectivity index (χ1n) is 10.5. The molecule has 3 aromatic rings. The summed E-state index contributed by atoms with van der Waals surface area (Å²) in [5.74, 6) is 0.994. The number of ether oxygens (including phenoxy) is 2. The summed E-state index contributed by atoms with van der Waals surface area (Å²) in [4.78, 5) is 23.3. The number of aromatic nitrogens is 2. The van der Waals surface area contributed by atoms with Crippen LogP contribution < -0.4 is 15.2 Å². The smallest absolute Gasteiger partial charge is 0.260 e. The van der Waals surface area contributed by atoms with E-state index in [4.69, 9.17) is 15.2 Å². The van der Waals surface area contributed by atoms with Gasteiger partial charge in [0.25, 0.3) is 5.91 Å². The number of amides is 1. The van der Waals surface area contributed by atoms with E-state index in [1.807, 2.05) is 24.3 Å². The molecule has 2 heterocycles. The van der Waals surface area contributed by atoms with Crippen LogP contribution in [0.5, 0.6) is 11.5 Å². The zero-order valence-electron chi connectivity index (χ0n) is 17.8. The highest BCUT2D eigenvalue weighted by Crippen LogP contribution is 2.34. The Bertz CT molecular complexity index is 1070. The van der Waals surface area contributed by atoms with Crippen molar-refractivity contribution in [1.29, 1.82) is 0 Å². The van der Waals surface area contributed by atoms with Crippen molar-refractivity contribution in [2.45, 2.75) is 18.8 Å². The number of carbonyl (C=O) groups is 1. The molecule has 0 saturated carbocycles. The van der Waals surface area contributed by atoms with Crippen LogP contribution in [0.3, 0.4) is 0 Å². The van der Waals surface area contributed by atoms with Gasteiger partial charge >= 0.3 is 0 Å². The lowest BCUT2D eigenvalue weighted by atomic mass is 9.90.